The van der Waals surface area contributed by atoms with Gasteiger partial charge < -0.3 is 24.6 Å². The van der Waals surface area contributed by atoms with Crippen LogP contribution in [0.15, 0.2) is 41.4 Å². The third kappa shape index (κ3) is 5.60. The second-order valence-corrected chi connectivity index (χ2v) is 10.5. The van der Waals surface area contributed by atoms with Crippen LogP contribution in [0.25, 0.3) is 0 Å². The zero-order valence-corrected chi connectivity index (χ0v) is 20.5. The Morgan fingerprint density at radius 3 is 2.38 bits per heavy atom. The van der Waals surface area contributed by atoms with Gasteiger partial charge in [-0.25, -0.2) is 13.4 Å². The topological polar surface area (TPSA) is 113 Å². The Morgan fingerprint density at radius 1 is 1.03 bits per heavy atom. The molecule has 1 saturated heterocycles. The second kappa shape index (κ2) is 10.2. The van der Waals surface area contributed by atoms with Crippen LogP contribution in [0.1, 0.15) is 13.8 Å². The quantitative estimate of drug-likeness (QED) is 0.602. The largest absolute Gasteiger partial charge is 0.486 e. The summed E-state index contributed by atoms with van der Waals surface area (Å²) < 4.78 is 39.5. The summed E-state index contributed by atoms with van der Waals surface area (Å²) in [5.41, 5.74) is 0.507. The molecule has 2 aliphatic heterocycles. The van der Waals surface area contributed by atoms with Crippen LogP contribution >= 0.6 is 0 Å². The number of aromatic nitrogens is 1. The summed E-state index contributed by atoms with van der Waals surface area (Å²) in [6, 6.07) is 7.08. The lowest BCUT2D eigenvalue weighted by Gasteiger charge is -2.33. The first-order valence-electron chi connectivity index (χ1n) is 11.4. The molecule has 0 unspecified atom stereocenters. The number of likely N-dealkylation sites (N-methyl/N-ethyl adjacent to an activating group) is 1. The summed E-state index contributed by atoms with van der Waals surface area (Å²) in [6.07, 6.45) is 1.60. The third-order valence-corrected chi connectivity index (χ3v) is 7.34. The number of anilines is 2. The highest BCUT2D eigenvalue weighted by atomic mass is 32.2. The van der Waals surface area contributed by atoms with Crippen LogP contribution in [0.3, 0.4) is 0 Å². The van der Waals surface area contributed by atoms with Crippen LogP contribution in [0.4, 0.5) is 11.5 Å². The van der Waals surface area contributed by atoms with Crippen LogP contribution in [-0.4, -0.2) is 76.7 Å². The van der Waals surface area contributed by atoms with Crippen molar-refractivity contribution in [2.24, 2.45) is 5.92 Å². The number of ether oxygens (including phenoxy) is 2. The summed E-state index contributed by atoms with van der Waals surface area (Å²) in [4.78, 5) is 21.9. The van der Waals surface area contributed by atoms with Crippen LogP contribution in [-0.2, 0) is 14.8 Å². The van der Waals surface area contributed by atoms with E-state index < -0.39 is 22.0 Å². The van der Waals surface area contributed by atoms with E-state index in [1.807, 2.05) is 6.07 Å². The van der Waals surface area contributed by atoms with Gasteiger partial charge in [0.25, 0.3) is 0 Å². The number of rotatable bonds is 7. The van der Waals surface area contributed by atoms with Gasteiger partial charge in [0.05, 0.1) is 16.8 Å². The fourth-order valence-corrected chi connectivity index (χ4v) is 5.18. The number of hydrogen-bond donors (Lipinski definition) is 2. The Bertz CT molecular complexity index is 1120. The number of benzene rings is 1. The van der Waals surface area contributed by atoms with Gasteiger partial charge in [-0.05, 0) is 37.2 Å². The van der Waals surface area contributed by atoms with E-state index in [1.165, 1.54) is 12.1 Å². The minimum absolute atomic E-state index is 0.00777. The standard InChI is InChI=1S/C23H31N5O5S/c1-16(2)22(26-34(30,31)18-5-6-19-20(14-18)33-13-12-32-19)23(29)25-17-4-7-21(24-15-17)28-10-8-27(3)9-11-28/h4-7,14-16,22,26H,8-13H2,1-3H3,(H,25,29)/t22-/m0/s1. The molecule has 3 heterocycles. The molecule has 2 aromatic rings. The van der Waals surface area contributed by atoms with Crippen molar-refractivity contribution in [3.8, 4) is 11.5 Å². The molecule has 1 aromatic carbocycles. The summed E-state index contributed by atoms with van der Waals surface area (Å²) in [6.45, 7) is 8.06. The molecule has 34 heavy (non-hydrogen) atoms. The van der Waals surface area contributed by atoms with Crippen LogP contribution in [0.5, 0.6) is 11.5 Å². The van der Waals surface area contributed by atoms with Crippen LogP contribution < -0.4 is 24.4 Å². The lowest BCUT2D eigenvalue weighted by molar-refractivity contribution is -0.118. The third-order valence-electron chi connectivity index (χ3n) is 5.90. The number of nitrogens with one attached hydrogen (secondary N) is 2. The molecule has 0 radical (unpaired) electrons. The molecule has 1 atom stereocenters. The molecule has 2 N–H and O–H groups in total. The second-order valence-electron chi connectivity index (χ2n) is 8.83. The Labute approximate surface area is 200 Å². The van der Waals surface area contributed by atoms with Gasteiger partial charge in [0.15, 0.2) is 11.5 Å². The van der Waals surface area contributed by atoms with Gasteiger partial charge in [0.1, 0.15) is 25.1 Å². The van der Waals surface area contributed by atoms with Gasteiger partial charge in [-0.15, -0.1) is 0 Å². The first-order valence-corrected chi connectivity index (χ1v) is 12.8. The zero-order valence-electron chi connectivity index (χ0n) is 19.7. The monoisotopic (exact) mass is 489 g/mol. The lowest BCUT2D eigenvalue weighted by atomic mass is 10.1. The van der Waals surface area contributed by atoms with Crippen molar-refractivity contribution in [2.75, 3.05) is 56.7 Å². The average molecular weight is 490 g/mol. The predicted octanol–water partition coefficient (Wildman–Crippen LogP) is 1.55. The van der Waals surface area contributed by atoms with E-state index in [2.05, 4.69) is 31.9 Å². The highest BCUT2D eigenvalue weighted by molar-refractivity contribution is 7.89. The maximum absolute atomic E-state index is 13.0. The van der Waals surface area contributed by atoms with Crippen LogP contribution in [0.2, 0.25) is 0 Å². The molecule has 1 aromatic heterocycles. The van der Waals surface area contributed by atoms with E-state index in [0.29, 0.717) is 30.4 Å². The van der Waals surface area contributed by atoms with E-state index in [4.69, 9.17) is 9.47 Å². The molecule has 11 heteroatoms. The number of sulfonamides is 1. The molecule has 1 amide bonds. The summed E-state index contributed by atoms with van der Waals surface area (Å²) in [5, 5.41) is 2.78. The number of pyridine rings is 1. The Balaban J connectivity index is 1.43. The number of hydrogen-bond acceptors (Lipinski definition) is 8. The number of nitrogens with zero attached hydrogens (tertiary/aromatic N) is 3. The number of fused-ring (bicyclic) bond motifs is 1. The molecule has 10 nitrogen and oxygen atoms in total. The normalized spacial score (nSPS) is 17.5. The van der Waals surface area contributed by atoms with Crippen LogP contribution in [0, 0.1) is 5.92 Å². The molecule has 0 spiro atoms. The van der Waals surface area contributed by atoms with Gasteiger partial charge in [-0.2, -0.15) is 4.72 Å². The van der Waals surface area contributed by atoms with Gasteiger partial charge >= 0.3 is 0 Å². The highest BCUT2D eigenvalue weighted by Gasteiger charge is 2.29. The van der Waals surface area contributed by atoms with Gasteiger partial charge in [-0.3, -0.25) is 4.79 Å². The fraction of sp³-hybridized carbons (Fsp3) is 0.478. The minimum Gasteiger partial charge on any atom is -0.486 e. The average Bonchev–Trinajstić information content (AvgIpc) is 2.83. The SMILES string of the molecule is CC(C)[C@H](NS(=O)(=O)c1ccc2c(c1)OCCO2)C(=O)Nc1ccc(N2CCN(C)CC2)nc1. The number of carbonyl (C=O) groups is 1. The molecule has 0 bridgehead atoms. The molecular formula is C23H31N5O5S. The number of carbonyl (C=O) groups excluding carboxylic acids is 1. The van der Waals surface area contributed by atoms with E-state index in [9.17, 15) is 13.2 Å². The Hall–Kier alpha value is -2.89. The molecule has 184 valence electrons. The van der Waals surface area contributed by atoms with E-state index >= 15 is 0 Å². The first kappa shape index (κ1) is 24.2. The van der Waals surface area contributed by atoms with Crippen molar-refractivity contribution in [2.45, 2.75) is 24.8 Å². The van der Waals surface area contributed by atoms with Gasteiger partial charge in [0, 0.05) is 32.2 Å². The van der Waals surface area contributed by atoms with E-state index in [0.717, 1.165) is 32.0 Å². The van der Waals surface area contributed by atoms with Gasteiger partial charge in [-0.1, -0.05) is 13.8 Å². The van der Waals surface area contributed by atoms with E-state index in [-0.39, 0.29) is 10.8 Å². The molecule has 0 saturated carbocycles. The summed E-state index contributed by atoms with van der Waals surface area (Å²) >= 11 is 0. The molecule has 4 rings (SSSR count). The zero-order chi connectivity index (χ0) is 24.3. The summed E-state index contributed by atoms with van der Waals surface area (Å²) in [5.74, 6) is 0.975. The Morgan fingerprint density at radius 2 is 1.74 bits per heavy atom. The fourth-order valence-electron chi connectivity index (χ4n) is 3.82. The lowest BCUT2D eigenvalue weighted by Crippen LogP contribution is -2.47. The van der Waals surface area contributed by atoms with Crippen molar-refractivity contribution < 1.29 is 22.7 Å². The first-order chi connectivity index (χ1) is 16.2. The number of amides is 1. The van der Waals surface area contributed by atoms with Crippen molar-refractivity contribution in [1.82, 2.24) is 14.6 Å². The van der Waals surface area contributed by atoms with Crippen molar-refractivity contribution in [1.29, 1.82) is 0 Å². The van der Waals surface area contributed by atoms with Crippen molar-refractivity contribution in [3.05, 3.63) is 36.5 Å². The van der Waals surface area contributed by atoms with E-state index in [1.54, 1.807) is 32.2 Å². The molecular weight excluding hydrogens is 458 g/mol. The molecule has 1 fully saturated rings. The van der Waals surface area contributed by atoms with Crippen molar-refractivity contribution >= 4 is 27.4 Å². The molecule has 0 aliphatic carbocycles. The summed E-state index contributed by atoms with van der Waals surface area (Å²) in [7, 11) is -1.88. The maximum Gasteiger partial charge on any atom is 0.242 e. The number of piperazine rings is 1. The Kier molecular flexibility index (Phi) is 7.24. The maximum atomic E-state index is 13.0. The predicted molar refractivity (Wildman–Crippen MR) is 129 cm³/mol. The van der Waals surface area contributed by atoms with Gasteiger partial charge in [0.2, 0.25) is 15.9 Å². The van der Waals surface area contributed by atoms with Crippen molar-refractivity contribution in [3.63, 3.8) is 0 Å². The smallest absolute Gasteiger partial charge is 0.242 e. The molecule has 2 aliphatic rings. The minimum atomic E-state index is -3.97. The highest BCUT2D eigenvalue weighted by Crippen LogP contribution is 2.32.